The number of piperazine rings is 1. The molecule has 1 aliphatic heterocycles. The molecule has 2 aliphatic rings. The van der Waals surface area contributed by atoms with Gasteiger partial charge in [0, 0.05) is 32.6 Å². The molecule has 1 saturated heterocycles. The average molecular weight is 366 g/mol. The van der Waals surface area contributed by atoms with Crippen molar-refractivity contribution >= 4 is 11.7 Å². The number of ether oxygens (including phenoxy) is 1. The van der Waals surface area contributed by atoms with Gasteiger partial charge in [0.1, 0.15) is 5.75 Å². The van der Waals surface area contributed by atoms with Gasteiger partial charge < -0.3 is 14.5 Å². The molecule has 27 heavy (non-hydrogen) atoms. The first kappa shape index (κ1) is 17.8. The molecule has 1 aliphatic carbocycles. The molecule has 0 unspecified atom stereocenters. The summed E-state index contributed by atoms with van der Waals surface area (Å²) in [5, 5.41) is 8.78. The lowest BCUT2D eigenvalue weighted by Crippen LogP contribution is -2.49. The molecule has 0 radical (unpaired) electrons. The van der Waals surface area contributed by atoms with Crippen LogP contribution in [0.25, 0.3) is 0 Å². The second-order valence-electron chi connectivity index (χ2n) is 7.24. The summed E-state index contributed by atoms with van der Waals surface area (Å²) in [6, 6.07) is 10.1. The van der Waals surface area contributed by atoms with Gasteiger partial charge >= 0.3 is 0 Å². The van der Waals surface area contributed by atoms with Crippen molar-refractivity contribution in [2.45, 2.75) is 32.1 Å². The normalized spacial score (nSPS) is 16.3. The van der Waals surface area contributed by atoms with Crippen LogP contribution in [0.3, 0.4) is 0 Å². The van der Waals surface area contributed by atoms with Gasteiger partial charge in [-0.05, 0) is 55.0 Å². The van der Waals surface area contributed by atoms with Gasteiger partial charge in [0.25, 0.3) is 0 Å². The number of aryl methyl sites for hydroxylation is 3. The lowest BCUT2D eigenvalue weighted by molar-refractivity contribution is -0.131. The summed E-state index contributed by atoms with van der Waals surface area (Å²) in [5.41, 5.74) is 3.67. The van der Waals surface area contributed by atoms with Crippen LogP contribution >= 0.6 is 0 Å². The third-order valence-electron chi connectivity index (χ3n) is 5.55. The van der Waals surface area contributed by atoms with Crippen LogP contribution in [0.5, 0.6) is 5.75 Å². The first-order valence-electron chi connectivity index (χ1n) is 9.74. The summed E-state index contributed by atoms with van der Waals surface area (Å²) in [7, 11) is 1.66. The van der Waals surface area contributed by atoms with E-state index >= 15 is 0 Å². The molecule has 0 saturated carbocycles. The van der Waals surface area contributed by atoms with Crippen LogP contribution < -0.4 is 9.64 Å². The number of benzene rings is 1. The zero-order chi connectivity index (χ0) is 18.6. The van der Waals surface area contributed by atoms with Crippen molar-refractivity contribution in [3.8, 4) is 5.75 Å². The van der Waals surface area contributed by atoms with E-state index in [1.165, 1.54) is 12.0 Å². The highest BCUT2D eigenvalue weighted by molar-refractivity contribution is 5.76. The van der Waals surface area contributed by atoms with Gasteiger partial charge in [-0.2, -0.15) is 5.10 Å². The molecular formula is C21H26N4O2. The molecule has 0 bridgehead atoms. The maximum atomic E-state index is 12.5. The van der Waals surface area contributed by atoms with Gasteiger partial charge in [0.15, 0.2) is 5.82 Å². The Morgan fingerprint density at radius 3 is 2.59 bits per heavy atom. The fourth-order valence-electron chi connectivity index (χ4n) is 3.86. The maximum absolute atomic E-state index is 12.5. The minimum atomic E-state index is 0.227. The third kappa shape index (κ3) is 4.04. The number of carbonyl (C=O) groups excluding carboxylic acids is 1. The van der Waals surface area contributed by atoms with Crippen molar-refractivity contribution in [1.29, 1.82) is 0 Å². The summed E-state index contributed by atoms with van der Waals surface area (Å²) >= 11 is 0. The third-order valence-corrected chi connectivity index (χ3v) is 5.55. The van der Waals surface area contributed by atoms with Gasteiger partial charge in [-0.1, -0.05) is 12.1 Å². The van der Waals surface area contributed by atoms with Crippen LogP contribution in [-0.2, 0) is 24.1 Å². The molecule has 2 heterocycles. The maximum Gasteiger partial charge on any atom is 0.223 e. The predicted octanol–water partition coefficient (Wildman–Crippen LogP) is 2.26. The Labute approximate surface area is 160 Å². The van der Waals surface area contributed by atoms with Crippen molar-refractivity contribution < 1.29 is 9.53 Å². The van der Waals surface area contributed by atoms with Gasteiger partial charge in [-0.25, -0.2) is 0 Å². The van der Waals surface area contributed by atoms with E-state index in [-0.39, 0.29) is 5.91 Å². The number of hydrogen-bond donors (Lipinski definition) is 0. The Bertz CT molecular complexity index is 798. The highest BCUT2D eigenvalue weighted by atomic mass is 16.5. The molecule has 2 aromatic rings. The van der Waals surface area contributed by atoms with E-state index in [2.05, 4.69) is 21.2 Å². The minimum Gasteiger partial charge on any atom is -0.497 e. The number of carbonyl (C=O) groups is 1. The number of aromatic nitrogens is 2. The van der Waals surface area contributed by atoms with Crippen LogP contribution in [0.2, 0.25) is 0 Å². The SMILES string of the molecule is COc1ccc(CCC(=O)N2CCN(c3cc4c(nn3)CCC4)CC2)cc1. The fourth-order valence-corrected chi connectivity index (χ4v) is 3.86. The number of amides is 1. The molecule has 0 spiro atoms. The second-order valence-corrected chi connectivity index (χ2v) is 7.24. The fraction of sp³-hybridized carbons (Fsp3) is 0.476. The van der Waals surface area contributed by atoms with Gasteiger partial charge in [0.2, 0.25) is 5.91 Å². The standard InChI is InChI=1S/C21H26N4O2/c1-27-18-8-5-16(6-9-18)7-10-21(26)25-13-11-24(12-14-25)20-15-17-3-2-4-19(17)22-23-20/h5-6,8-9,15H,2-4,7,10-14H2,1H3. The largest absolute Gasteiger partial charge is 0.497 e. The first-order valence-corrected chi connectivity index (χ1v) is 9.74. The number of methoxy groups -OCH3 is 1. The van der Waals surface area contributed by atoms with E-state index in [1.807, 2.05) is 29.2 Å². The Balaban J connectivity index is 1.27. The minimum absolute atomic E-state index is 0.227. The zero-order valence-corrected chi connectivity index (χ0v) is 15.9. The van der Waals surface area contributed by atoms with Crippen molar-refractivity contribution in [3.63, 3.8) is 0 Å². The van der Waals surface area contributed by atoms with E-state index in [1.54, 1.807) is 7.11 Å². The molecule has 1 aromatic carbocycles. The zero-order valence-electron chi connectivity index (χ0n) is 15.9. The molecule has 0 N–H and O–H groups in total. The number of hydrogen-bond acceptors (Lipinski definition) is 5. The molecule has 0 atom stereocenters. The molecule has 4 rings (SSSR count). The molecule has 1 aromatic heterocycles. The van der Waals surface area contributed by atoms with Crippen LogP contribution in [0.15, 0.2) is 30.3 Å². The molecular weight excluding hydrogens is 340 g/mol. The van der Waals surface area contributed by atoms with Crippen LogP contribution in [-0.4, -0.2) is 54.3 Å². The predicted molar refractivity (Wildman–Crippen MR) is 104 cm³/mol. The van der Waals surface area contributed by atoms with Crippen molar-refractivity contribution in [2.24, 2.45) is 0 Å². The van der Waals surface area contributed by atoms with E-state index < -0.39 is 0 Å². The first-order chi connectivity index (χ1) is 13.2. The van der Waals surface area contributed by atoms with Gasteiger partial charge in [0.05, 0.1) is 12.8 Å². The van der Waals surface area contributed by atoms with Crippen molar-refractivity contribution in [2.75, 3.05) is 38.2 Å². The summed E-state index contributed by atoms with van der Waals surface area (Å²) in [6.07, 6.45) is 4.66. The lowest BCUT2D eigenvalue weighted by Gasteiger charge is -2.35. The van der Waals surface area contributed by atoms with E-state index in [0.717, 1.165) is 68.3 Å². The smallest absolute Gasteiger partial charge is 0.223 e. The lowest BCUT2D eigenvalue weighted by atomic mass is 10.1. The van der Waals surface area contributed by atoms with E-state index in [9.17, 15) is 4.79 Å². The van der Waals surface area contributed by atoms with Crippen LogP contribution in [0, 0.1) is 0 Å². The summed E-state index contributed by atoms with van der Waals surface area (Å²) in [4.78, 5) is 16.8. The van der Waals surface area contributed by atoms with Crippen molar-refractivity contribution in [3.05, 3.63) is 47.2 Å². The molecule has 142 valence electrons. The summed E-state index contributed by atoms with van der Waals surface area (Å²) in [6.45, 7) is 3.14. The second kappa shape index (κ2) is 7.94. The van der Waals surface area contributed by atoms with E-state index in [0.29, 0.717) is 6.42 Å². The molecule has 6 heteroatoms. The number of anilines is 1. The number of fused-ring (bicyclic) bond motifs is 1. The Morgan fingerprint density at radius 2 is 1.85 bits per heavy atom. The van der Waals surface area contributed by atoms with E-state index in [4.69, 9.17) is 4.74 Å². The molecule has 6 nitrogen and oxygen atoms in total. The van der Waals surface area contributed by atoms with Crippen LogP contribution in [0.1, 0.15) is 29.7 Å². The summed E-state index contributed by atoms with van der Waals surface area (Å²) < 4.78 is 5.17. The van der Waals surface area contributed by atoms with Gasteiger partial charge in [-0.3, -0.25) is 4.79 Å². The quantitative estimate of drug-likeness (QED) is 0.812. The average Bonchev–Trinajstić information content (AvgIpc) is 3.20. The molecule has 1 amide bonds. The Hall–Kier alpha value is -2.63. The van der Waals surface area contributed by atoms with Crippen molar-refractivity contribution in [1.82, 2.24) is 15.1 Å². The topological polar surface area (TPSA) is 58.6 Å². The summed E-state index contributed by atoms with van der Waals surface area (Å²) in [5.74, 6) is 2.03. The Kier molecular flexibility index (Phi) is 5.23. The highest BCUT2D eigenvalue weighted by Gasteiger charge is 2.23. The monoisotopic (exact) mass is 366 g/mol. The Morgan fingerprint density at radius 1 is 1.07 bits per heavy atom. The highest BCUT2D eigenvalue weighted by Crippen LogP contribution is 2.23. The van der Waals surface area contributed by atoms with Gasteiger partial charge in [-0.15, -0.1) is 5.10 Å². The number of nitrogens with zero attached hydrogens (tertiary/aromatic N) is 4. The number of rotatable bonds is 5. The molecule has 1 fully saturated rings. The van der Waals surface area contributed by atoms with Crippen LogP contribution in [0.4, 0.5) is 5.82 Å².